The highest BCUT2D eigenvalue weighted by Gasteiger charge is 2.14. The van der Waals surface area contributed by atoms with Crippen LogP contribution < -0.4 is 10.1 Å². The molecule has 28 heavy (non-hydrogen) atoms. The van der Waals surface area contributed by atoms with Crippen molar-refractivity contribution in [1.82, 2.24) is 5.32 Å². The summed E-state index contributed by atoms with van der Waals surface area (Å²) in [5, 5.41) is 3.74. The fourth-order valence-electron chi connectivity index (χ4n) is 3.09. The molecule has 144 valence electrons. The average molecular weight is 394 g/mol. The van der Waals surface area contributed by atoms with Crippen LogP contribution in [0.15, 0.2) is 66.7 Å². The molecule has 0 heterocycles. The van der Waals surface area contributed by atoms with E-state index in [9.17, 15) is 4.79 Å². The molecular formula is C24H24ClNO2. The standard InChI is InChI=1S/C24H24ClNO2/c1-16-11-12-17(2)22(13-16)18(3)26-24(27)19-8-6-9-21(14-19)28-15-20-7-4-5-10-23(20)25/h4-14,18H,15H2,1-3H3,(H,26,27)/t18-/m0/s1. The molecule has 0 saturated heterocycles. The first-order valence-corrected chi connectivity index (χ1v) is 9.66. The Morgan fingerprint density at radius 3 is 2.61 bits per heavy atom. The molecule has 0 aromatic heterocycles. The largest absolute Gasteiger partial charge is 0.489 e. The van der Waals surface area contributed by atoms with Crippen molar-refractivity contribution < 1.29 is 9.53 Å². The Morgan fingerprint density at radius 1 is 1.04 bits per heavy atom. The van der Waals surface area contributed by atoms with E-state index in [1.54, 1.807) is 12.1 Å². The third-order valence-corrected chi connectivity index (χ3v) is 5.07. The zero-order chi connectivity index (χ0) is 20.1. The second kappa shape index (κ2) is 8.94. The number of hydrogen-bond donors (Lipinski definition) is 1. The van der Waals surface area contributed by atoms with E-state index in [1.807, 2.05) is 43.3 Å². The summed E-state index contributed by atoms with van der Waals surface area (Å²) in [5.74, 6) is 0.503. The van der Waals surface area contributed by atoms with Crippen molar-refractivity contribution in [2.45, 2.75) is 33.4 Å². The van der Waals surface area contributed by atoms with E-state index in [1.165, 1.54) is 5.56 Å². The number of amides is 1. The molecule has 1 N–H and O–H groups in total. The van der Waals surface area contributed by atoms with Gasteiger partial charge in [-0.05, 0) is 56.2 Å². The lowest BCUT2D eigenvalue weighted by Gasteiger charge is -2.18. The summed E-state index contributed by atoms with van der Waals surface area (Å²) in [6, 6.07) is 20.9. The van der Waals surface area contributed by atoms with Crippen LogP contribution in [0.4, 0.5) is 0 Å². The number of carbonyl (C=O) groups excluding carboxylic acids is 1. The molecule has 3 rings (SSSR count). The highest BCUT2D eigenvalue weighted by molar-refractivity contribution is 6.31. The quantitative estimate of drug-likeness (QED) is 0.555. The Labute approximate surface area is 171 Å². The summed E-state index contributed by atoms with van der Waals surface area (Å²) >= 11 is 6.17. The summed E-state index contributed by atoms with van der Waals surface area (Å²) in [4.78, 5) is 12.7. The van der Waals surface area contributed by atoms with Crippen molar-refractivity contribution >= 4 is 17.5 Å². The Bertz CT molecular complexity index is 984. The lowest BCUT2D eigenvalue weighted by Crippen LogP contribution is -2.27. The van der Waals surface area contributed by atoms with E-state index in [4.69, 9.17) is 16.3 Å². The molecule has 0 unspecified atom stereocenters. The van der Waals surface area contributed by atoms with Crippen LogP contribution >= 0.6 is 11.6 Å². The molecule has 0 saturated carbocycles. The van der Waals surface area contributed by atoms with Crippen LogP contribution in [0.2, 0.25) is 5.02 Å². The van der Waals surface area contributed by atoms with Gasteiger partial charge in [0, 0.05) is 16.1 Å². The van der Waals surface area contributed by atoms with Crippen molar-refractivity contribution in [1.29, 1.82) is 0 Å². The first kappa shape index (κ1) is 20.0. The van der Waals surface area contributed by atoms with Gasteiger partial charge in [0.05, 0.1) is 6.04 Å². The minimum atomic E-state index is -0.128. The summed E-state index contributed by atoms with van der Waals surface area (Å²) in [7, 11) is 0. The SMILES string of the molecule is Cc1ccc(C)c([C@H](C)NC(=O)c2cccc(OCc3ccccc3Cl)c2)c1. The number of aryl methyl sites for hydroxylation is 2. The lowest BCUT2D eigenvalue weighted by atomic mass is 9.99. The number of benzene rings is 3. The van der Waals surface area contributed by atoms with Gasteiger partial charge >= 0.3 is 0 Å². The molecule has 3 aromatic carbocycles. The zero-order valence-electron chi connectivity index (χ0n) is 16.3. The van der Waals surface area contributed by atoms with Gasteiger partial charge in [0.1, 0.15) is 12.4 Å². The second-order valence-electron chi connectivity index (χ2n) is 6.96. The highest BCUT2D eigenvalue weighted by Crippen LogP contribution is 2.22. The average Bonchev–Trinajstić information content (AvgIpc) is 2.69. The van der Waals surface area contributed by atoms with Crippen molar-refractivity contribution in [2.75, 3.05) is 0 Å². The maximum Gasteiger partial charge on any atom is 0.251 e. The van der Waals surface area contributed by atoms with Crippen LogP contribution in [0.3, 0.4) is 0 Å². The van der Waals surface area contributed by atoms with E-state index in [-0.39, 0.29) is 11.9 Å². The van der Waals surface area contributed by atoms with Gasteiger partial charge in [-0.3, -0.25) is 4.79 Å². The maximum absolute atomic E-state index is 12.7. The molecule has 4 heteroatoms. The van der Waals surface area contributed by atoms with Gasteiger partial charge in [0.2, 0.25) is 0 Å². The maximum atomic E-state index is 12.7. The third-order valence-electron chi connectivity index (χ3n) is 4.70. The van der Waals surface area contributed by atoms with Crippen LogP contribution in [0, 0.1) is 13.8 Å². The Kier molecular flexibility index (Phi) is 6.37. The summed E-state index contributed by atoms with van der Waals surface area (Å²) in [6.45, 7) is 6.46. The molecule has 0 bridgehead atoms. The van der Waals surface area contributed by atoms with E-state index < -0.39 is 0 Å². The smallest absolute Gasteiger partial charge is 0.251 e. The second-order valence-corrected chi connectivity index (χ2v) is 7.37. The van der Waals surface area contributed by atoms with Crippen molar-refractivity contribution in [3.8, 4) is 5.75 Å². The molecule has 0 spiro atoms. The number of hydrogen-bond acceptors (Lipinski definition) is 2. The van der Waals surface area contributed by atoms with Gasteiger partial charge in [-0.2, -0.15) is 0 Å². The van der Waals surface area contributed by atoms with Crippen LogP contribution in [0.1, 0.15) is 45.6 Å². The van der Waals surface area contributed by atoms with Crippen LogP contribution in [-0.4, -0.2) is 5.91 Å². The number of halogens is 1. The molecule has 0 radical (unpaired) electrons. The zero-order valence-corrected chi connectivity index (χ0v) is 17.1. The number of carbonyl (C=O) groups is 1. The van der Waals surface area contributed by atoms with Gasteiger partial charge in [-0.15, -0.1) is 0 Å². The van der Waals surface area contributed by atoms with Crippen molar-refractivity contribution in [3.05, 3.63) is 99.6 Å². The minimum absolute atomic E-state index is 0.0832. The summed E-state index contributed by atoms with van der Waals surface area (Å²) < 4.78 is 5.82. The van der Waals surface area contributed by atoms with Crippen molar-refractivity contribution in [2.24, 2.45) is 0 Å². The van der Waals surface area contributed by atoms with Gasteiger partial charge in [-0.25, -0.2) is 0 Å². The molecule has 3 aromatic rings. The molecule has 3 nitrogen and oxygen atoms in total. The normalized spacial score (nSPS) is 11.7. The first-order valence-electron chi connectivity index (χ1n) is 9.28. The highest BCUT2D eigenvalue weighted by atomic mass is 35.5. The van der Waals surface area contributed by atoms with Crippen LogP contribution in [0.25, 0.3) is 0 Å². The minimum Gasteiger partial charge on any atom is -0.489 e. The predicted octanol–water partition coefficient (Wildman–Crippen LogP) is 6.03. The van der Waals surface area contributed by atoms with Crippen LogP contribution in [-0.2, 0) is 6.61 Å². The fourth-order valence-corrected chi connectivity index (χ4v) is 3.28. The molecule has 1 atom stereocenters. The van der Waals surface area contributed by atoms with E-state index >= 15 is 0 Å². The Morgan fingerprint density at radius 2 is 1.82 bits per heavy atom. The fraction of sp³-hybridized carbons (Fsp3) is 0.208. The molecule has 0 aliphatic rings. The van der Waals surface area contributed by atoms with Crippen molar-refractivity contribution in [3.63, 3.8) is 0 Å². The van der Waals surface area contributed by atoms with E-state index in [0.717, 1.165) is 16.7 Å². The molecule has 1 amide bonds. The molecule has 0 aliphatic heterocycles. The number of rotatable bonds is 6. The van der Waals surface area contributed by atoms with Gasteiger partial charge in [-0.1, -0.05) is 59.6 Å². The van der Waals surface area contributed by atoms with E-state index in [0.29, 0.717) is 22.9 Å². The van der Waals surface area contributed by atoms with Gasteiger partial charge in [0.15, 0.2) is 0 Å². The monoisotopic (exact) mass is 393 g/mol. The van der Waals surface area contributed by atoms with Gasteiger partial charge < -0.3 is 10.1 Å². The summed E-state index contributed by atoms with van der Waals surface area (Å²) in [6.07, 6.45) is 0. The Hall–Kier alpha value is -2.78. The van der Waals surface area contributed by atoms with Gasteiger partial charge in [0.25, 0.3) is 5.91 Å². The first-order chi connectivity index (χ1) is 13.4. The number of ether oxygens (including phenoxy) is 1. The molecular weight excluding hydrogens is 370 g/mol. The van der Waals surface area contributed by atoms with E-state index in [2.05, 4.69) is 37.4 Å². The molecule has 0 aliphatic carbocycles. The predicted molar refractivity (Wildman–Crippen MR) is 114 cm³/mol. The Balaban J connectivity index is 1.68. The molecule has 0 fully saturated rings. The topological polar surface area (TPSA) is 38.3 Å². The number of nitrogens with one attached hydrogen (secondary N) is 1. The van der Waals surface area contributed by atoms with Crippen LogP contribution in [0.5, 0.6) is 5.75 Å². The third kappa shape index (κ3) is 4.93. The lowest BCUT2D eigenvalue weighted by molar-refractivity contribution is 0.0939. The summed E-state index contributed by atoms with van der Waals surface area (Å²) in [5.41, 5.74) is 4.93.